The van der Waals surface area contributed by atoms with Gasteiger partial charge in [-0.1, -0.05) is 17.3 Å². The van der Waals surface area contributed by atoms with Crippen LogP contribution in [0, 0.1) is 0 Å². The number of amidine groups is 1. The molecule has 20 heavy (non-hydrogen) atoms. The molecule has 0 aromatic heterocycles. The van der Waals surface area contributed by atoms with Crippen LogP contribution < -0.4 is 10.5 Å². The van der Waals surface area contributed by atoms with Crippen LogP contribution in [0.4, 0.5) is 0 Å². The Balaban J connectivity index is 2.56. The summed E-state index contributed by atoms with van der Waals surface area (Å²) in [4.78, 5) is 26.7. The second-order valence-corrected chi connectivity index (χ2v) is 3.75. The summed E-state index contributed by atoms with van der Waals surface area (Å²) in [5, 5.41) is 3.51. The van der Waals surface area contributed by atoms with Gasteiger partial charge >= 0.3 is 11.9 Å². The summed E-state index contributed by atoms with van der Waals surface area (Å²) in [5.41, 5.74) is 6.23. The Hall–Kier alpha value is -2.57. The molecule has 0 fully saturated rings. The van der Waals surface area contributed by atoms with Crippen molar-refractivity contribution in [3.8, 4) is 5.75 Å². The highest BCUT2D eigenvalue weighted by Gasteiger charge is 2.09. The van der Waals surface area contributed by atoms with Crippen molar-refractivity contribution >= 4 is 17.8 Å². The molecular formula is C13H16N2O5. The minimum absolute atomic E-state index is 0.0373. The number of hydrogen-bond acceptors (Lipinski definition) is 6. The van der Waals surface area contributed by atoms with Gasteiger partial charge in [0, 0.05) is 5.56 Å². The maximum Gasteiger partial charge on any atom is 0.335 e. The van der Waals surface area contributed by atoms with Crippen molar-refractivity contribution in [2.45, 2.75) is 12.8 Å². The Morgan fingerprint density at radius 2 is 1.90 bits per heavy atom. The molecule has 0 saturated carbocycles. The Bertz CT molecular complexity index is 513. The van der Waals surface area contributed by atoms with Crippen LogP contribution in [0.15, 0.2) is 29.4 Å². The number of carbonyl (C=O) groups excluding carboxylic acids is 2. The predicted octanol–water partition coefficient (Wildman–Crippen LogP) is 0.812. The van der Waals surface area contributed by atoms with Crippen LogP contribution in [0.3, 0.4) is 0 Å². The van der Waals surface area contributed by atoms with Gasteiger partial charge in [-0.05, 0) is 12.1 Å². The third-order valence-corrected chi connectivity index (χ3v) is 2.37. The van der Waals surface area contributed by atoms with E-state index in [4.69, 9.17) is 10.5 Å². The highest BCUT2D eigenvalue weighted by Crippen LogP contribution is 2.12. The van der Waals surface area contributed by atoms with Crippen LogP contribution in [0.2, 0.25) is 0 Å². The largest absolute Gasteiger partial charge is 0.497 e. The van der Waals surface area contributed by atoms with Gasteiger partial charge in [0.05, 0.1) is 27.1 Å². The molecule has 7 nitrogen and oxygen atoms in total. The summed E-state index contributed by atoms with van der Waals surface area (Å²) in [7, 11) is 2.77. The van der Waals surface area contributed by atoms with Crippen molar-refractivity contribution in [3.05, 3.63) is 29.8 Å². The molecule has 108 valence electrons. The standard InChI is InChI=1S/C13H16N2O5/c1-18-10-5-3-4-9(8-10)13(14)15-20-12(17)7-6-11(16)19-2/h3-5,8H,6-7H2,1-2H3,(H2,14,15). The molecule has 0 amide bonds. The number of oxime groups is 1. The molecule has 1 aromatic carbocycles. The maximum absolute atomic E-state index is 11.3. The first-order valence-corrected chi connectivity index (χ1v) is 5.81. The zero-order valence-electron chi connectivity index (χ0n) is 11.3. The fourth-order valence-corrected chi connectivity index (χ4v) is 1.29. The lowest BCUT2D eigenvalue weighted by atomic mass is 10.2. The van der Waals surface area contributed by atoms with Crippen molar-refractivity contribution in [2.24, 2.45) is 10.9 Å². The molecule has 0 bridgehead atoms. The zero-order valence-corrected chi connectivity index (χ0v) is 11.3. The highest BCUT2D eigenvalue weighted by molar-refractivity contribution is 5.97. The van der Waals surface area contributed by atoms with Crippen LogP contribution in [-0.2, 0) is 19.2 Å². The fraction of sp³-hybridized carbons (Fsp3) is 0.308. The van der Waals surface area contributed by atoms with Crippen molar-refractivity contribution in [3.63, 3.8) is 0 Å². The van der Waals surface area contributed by atoms with Gasteiger partial charge in [-0.3, -0.25) is 4.79 Å². The predicted molar refractivity (Wildman–Crippen MR) is 71.1 cm³/mol. The van der Waals surface area contributed by atoms with E-state index < -0.39 is 11.9 Å². The number of hydrogen-bond donors (Lipinski definition) is 1. The van der Waals surface area contributed by atoms with Gasteiger partial charge in [-0.25, -0.2) is 4.79 Å². The first kappa shape index (κ1) is 15.5. The number of nitrogens with two attached hydrogens (primary N) is 1. The quantitative estimate of drug-likeness (QED) is 0.272. The number of carbonyl (C=O) groups is 2. The molecule has 1 aromatic rings. The molecule has 0 aliphatic rings. The van der Waals surface area contributed by atoms with E-state index in [9.17, 15) is 9.59 Å². The number of benzene rings is 1. The van der Waals surface area contributed by atoms with E-state index >= 15 is 0 Å². The molecule has 0 aliphatic carbocycles. The number of ether oxygens (including phenoxy) is 2. The van der Waals surface area contributed by atoms with Crippen LogP contribution in [-0.4, -0.2) is 32.0 Å². The molecule has 0 spiro atoms. The minimum Gasteiger partial charge on any atom is -0.497 e. The normalized spacial score (nSPS) is 10.8. The average molecular weight is 280 g/mol. The zero-order chi connectivity index (χ0) is 15.0. The molecule has 0 aliphatic heterocycles. The molecule has 0 atom stereocenters. The van der Waals surface area contributed by atoms with Gasteiger partial charge in [0.1, 0.15) is 5.75 Å². The second-order valence-electron chi connectivity index (χ2n) is 3.75. The van der Waals surface area contributed by atoms with E-state index in [0.717, 1.165) is 0 Å². The second kappa shape index (κ2) is 7.78. The van der Waals surface area contributed by atoms with Crippen LogP contribution in [0.5, 0.6) is 5.75 Å². The smallest absolute Gasteiger partial charge is 0.335 e. The number of nitrogens with zero attached hydrogens (tertiary/aromatic N) is 1. The minimum atomic E-state index is -0.666. The Morgan fingerprint density at radius 3 is 2.55 bits per heavy atom. The van der Waals surface area contributed by atoms with Crippen molar-refractivity contribution in [1.82, 2.24) is 0 Å². The summed E-state index contributed by atoms with van der Waals surface area (Å²) < 4.78 is 9.44. The van der Waals surface area contributed by atoms with Gasteiger partial charge in [0.15, 0.2) is 5.84 Å². The van der Waals surface area contributed by atoms with Crippen LogP contribution in [0.25, 0.3) is 0 Å². The fourth-order valence-electron chi connectivity index (χ4n) is 1.29. The van der Waals surface area contributed by atoms with E-state index in [2.05, 4.69) is 14.7 Å². The Morgan fingerprint density at radius 1 is 1.20 bits per heavy atom. The van der Waals surface area contributed by atoms with E-state index in [-0.39, 0.29) is 18.7 Å². The SMILES string of the molecule is COC(=O)CCC(=O)O/N=C(\N)c1cccc(OC)c1. The van der Waals surface area contributed by atoms with E-state index in [1.165, 1.54) is 14.2 Å². The van der Waals surface area contributed by atoms with Crippen molar-refractivity contribution < 1.29 is 23.9 Å². The topological polar surface area (TPSA) is 100 Å². The van der Waals surface area contributed by atoms with E-state index in [0.29, 0.717) is 11.3 Å². The van der Waals surface area contributed by atoms with Gasteiger partial charge in [-0.2, -0.15) is 0 Å². The van der Waals surface area contributed by atoms with E-state index in [1.54, 1.807) is 24.3 Å². The van der Waals surface area contributed by atoms with Crippen LogP contribution in [0.1, 0.15) is 18.4 Å². The van der Waals surface area contributed by atoms with E-state index in [1.807, 2.05) is 0 Å². The first-order chi connectivity index (χ1) is 9.56. The van der Waals surface area contributed by atoms with Crippen LogP contribution >= 0.6 is 0 Å². The van der Waals surface area contributed by atoms with Gasteiger partial charge in [-0.15, -0.1) is 0 Å². The third kappa shape index (κ3) is 4.97. The number of esters is 1. The Labute approximate surface area is 116 Å². The van der Waals surface area contributed by atoms with Gasteiger partial charge < -0.3 is 20.0 Å². The molecule has 0 heterocycles. The molecular weight excluding hydrogens is 264 g/mol. The lowest BCUT2D eigenvalue weighted by Crippen LogP contribution is -2.15. The average Bonchev–Trinajstić information content (AvgIpc) is 2.50. The maximum atomic E-state index is 11.3. The number of rotatable bonds is 6. The summed E-state index contributed by atoms with van der Waals surface area (Å²) in [6, 6.07) is 6.83. The summed E-state index contributed by atoms with van der Waals surface area (Å²) in [5.74, 6) is -0.513. The first-order valence-electron chi connectivity index (χ1n) is 5.81. The molecule has 0 radical (unpaired) electrons. The lowest BCUT2D eigenvalue weighted by Gasteiger charge is -2.03. The molecule has 7 heteroatoms. The molecule has 2 N–H and O–H groups in total. The third-order valence-electron chi connectivity index (χ3n) is 2.37. The molecule has 0 unspecified atom stereocenters. The number of methoxy groups -OCH3 is 2. The highest BCUT2D eigenvalue weighted by atomic mass is 16.7. The molecule has 0 saturated heterocycles. The van der Waals surface area contributed by atoms with Crippen molar-refractivity contribution in [2.75, 3.05) is 14.2 Å². The Kier molecular flexibility index (Phi) is 6.02. The van der Waals surface area contributed by atoms with Crippen molar-refractivity contribution in [1.29, 1.82) is 0 Å². The lowest BCUT2D eigenvalue weighted by molar-refractivity contribution is -0.148. The summed E-state index contributed by atoms with van der Waals surface area (Å²) in [6.07, 6.45) is -0.189. The summed E-state index contributed by atoms with van der Waals surface area (Å²) >= 11 is 0. The monoisotopic (exact) mass is 280 g/mol. The summed E-state index contributed by atoms with van der Waals surface area (Å²) in [6.45, 7) is 0. The van der Waals surface area contributed by atoms with Gasteiger partial charge in [0.2, 0.25) is 0 Å². The molecule has 1 rings (SSSR count). The van der Waals surface area contributed by atoms with Gasteiger partial charge in [0.25, 0.3) is 0 Å².